The van der Waals surface area contributed by atoms with Crippen molar-refractivity contribution in [3.63, 3.8) is 0 Å². The molecule has 11 heteroatoms. The van der Waals surface area contributed by atoms with Gasteiger partial charge < -0.3 is 25.6 Å². The van der Waals surface area contributed by atoms with E-state index in [0.29, 0.717) is 19.5 Å². The molecule has 0 spiro atoms. The van der Waals surface area contributed by atoms with Crippen LogP contribution in [0, 0.1) is 5.82 Å². The normalized spacial score (nSPS) is 19.4. The first kappa shape index (κ1) is 22.0. The Labute approximate surface area is 177 Å². The summed E-state index contributed by atoms with van der Waals surface area (Å²) in [6.45, 7) is 2.45. The summed E-state index contributed by atoms with van der Waals surface area (Å²) in [5.74, 6) is -2.22. The van der Waals surface area contributed by atoms with Crippen LogP contribution in [0.2, 0.25) is 0 Å². The lowest BCUT2D eigenvalue weighted by atomic mass is 10.2. The molecule has 0 radical (unpaired) electrons. The zero-order valence-electron chi connectivity index (χ0n) is 16.3. The quantitative estimate of drug-likeness (QED) is 0.634. The van der Waals surface area contributed by atoms with Crippen molar-refractivity contribution in [1.82, 2.24) is 14.9 Å². The molecule has 2 atom stereocenters. The Morgan fingerprint density at radius 3 is 2.67 bits per heavy atom. The van der Waals surface area contributed by atoms with Gasteiger partial charge in [0.15, 0.2) is 11.6 Å². The minimum Gasteiger partial charge on any atom is -0.477 e. The predicted molar refractivity (Wildman–Crippen MR) is 111 cm³/mol. The number of carboxylic acid groups (broad SMARTS) is 1. The minimum atomic E-state index is -1.34. The Morgan fingerprint density at radius 2 is 2.07 bits per heavy atom. The smallest absolute Gasteiger partial charge is 0.341 e. The first-order valence-corrected chi connectivity index (χ1v) is 9.56. The number of anilines is 1. The third-order valence-electron chi connectivity index (χ3n) is 5.36. The largest absolute Gasteiger partial charge is 0.477 e. The van der Waals surface area contributed by atoms with Gasteiger partial charge in [-0.3, -0.25) is 9.59 Å². The molecule has 2 aromatic rings. The summed E-state index contributed by atoms with van der Waals surface area (Å²) in [4.78, 5) is 41.9. The first-order chi connectivity index (χ1) is 13.8. The number of fused-ring (bicyclic) bond motifs is 1. The average Bonchev–Trinajstić information content (AvgIpc) is 3.40. The van der Waals surface area contributed by atoms with Crippen LogP contribution in [0.1, 0.15) is 42.6 Å². The number of carbonyl (C=O) groups excluding carboxylic acids is 1. The van der Waals surface area contributed by atoms with Crippen LogP contribution in [0.5, 0.6) is 0 Å². The highest BCUT2D eigenvalue weighted by molar-refractivity contribution is 5.92. The second kappa shape index (κ2) is 8.19. The fraction of sp³-hybridized carbons (Fsp3) is 0.474. The number of aromatic nitrogens is 2. The van der Waals surface area contributed by atoms with E-state index in [9.17, 15) is 23.9 Å². The molecule has 3 heterocycles. The molecule has 1 aliphatic heterocycles. The number of hydrogen-bond acceptors (Lipinski definition) is 6. The molecular formula is C19H23ClFN5O4. The molecule has 4 N–H and O–H groups in total. The van der Waals surface area contributed by atoms with Gasteiger partial charge in [0, 0.05) is 31.4 Å². The van der Waals surface area contributed by atoms with Gasteiger partial charge in [0.05, 0.1) is 11.4 Å². The van der Waals surface area contributed by atoms with Crippen LogP contribution in [0.25, 0.3) is 11.0 Å². The van der Waals surface area contributed by atoms with Crippen LogP contribution in [0.3, 0.4) is 0 Å². The molecule has 1 saturated heterocycles. The van der Waals surface area contributed by atoms with E-state index in [-0.39, 0.29) is 47.2 Å². The number of amides is 1. The van der Waals surface area contributed by atoms with Crippen molar-refractivity contribution in [2.75, 3.05) is 18.0 Å². The van der Waals surface area contributed by atoms with E-state index < -0.39 is 28.8 Å². The second-order valence-electron chi connectivity index (χ2n) is 7.71. The number of carboxylic acids is 1. The lowest BCUT2D eigenvalue weighted by molar-refractivity contribution is -0.122. The zero-order chi connectivity index (χ0) is 20.9. The van der Waals surface area contributed by atoms with Gasteiger partial charge in [-0.05, 0) is 32.3 Å². The second-order valence-corrected chi connectivity index (χ2v) is 7.71. The topological polar surface area (TPSA) is 131 Å². The third kappa shape index (κ3) is 3.97. The molecule has 0 aromatic carbocycles. The molecule has 9 nitrogen and oxygen atoms in total. The molecule has 2 aromatic heterocycles. The zero-order valence-corrected chi connectivity index (χ0v) is 17.1. The van der Waals surface area contributed by atoms with Gasteiger partial charge >= 0.3 is 5.97 Å². The van der Waals surface area contributed by atoms with Gasteiger partial charge in [-0.25, -0.2) is 14.2 Å². The van der Waals surface area contributed by atoms with E-state index in [1.165, 1.54) is 6.20 Å². The molecular weight excluding hydrogens is 417 g/mol. The fourth-order valence-corrected chi connectivity index (χ4v) is 3.65. The van der Waals surface area contributed by atoms with Crippen LogP contribution in [0.4, 0.5) is 10.2 Å². The molecule has 4 rings (SSSR count). The lowest BCUT2D eigenvalue weighted by Crippen LogP contribution is -2.45. The SMILES string of the molecule is C[C@@H](N)C(=O)N[C@H]1CCN(c2nc3c(cc2F)c(=O)c(C(=O)O)cn3C2CC2)C1.Cl. The van der Waals surface area contributed by atoms with Gasteiger partial charge in [-0.2, -0.15) is 0 Å². The number of nitrogens with one attached hydrogen (secondary N) is 1. The Hall–Kier alpha value is -2.72. The Bertz CT molecular complexity index is 1070. The van der Waals surface area contributed by atoms with Crippen LogP contribution >= 0.6 is 12.4 Å². The number of nitrogens with two attached hydrogens (primary N) is 1. The summed E-state index contributed by atoms with van der Waals surface area (Å²) < 4.78 is 16.5. The molecule has 2 aliphatic rings. The predicted octanol–water partition coefficient (Wildman–Crippen LogP) is 1.03. The highest BCUT2D eigenvalue weighted by Gasteiger charge is 2.31. The molecule has 1 aliphatic carbocycles. The van der Waals surface area contributed by atoms with Crippen LogP contribution < -0.4 is 21.4 Å². The van der Waals surface area contributed by atoms with E-state index in [4.69, 9.17) is 5.73 Å². The first-order valence-electron chi connectivity index (χ1n) is 9.56. The molecule has 2 fully saturated rings. The number of carbonyl (C=O) groups is 2. The molecule has 30 heavy (non-hydrogen) atoms. The van der Waals surface area contributed by atoms with E-state index in [1.54, 1.807) is 16.4 Å². The van der Waals surface area contributed by atoms with Crippen LogP contribution in [0.15, 0.2) is 17.1 Å². The maximum absolute atomic E-state index is 14.8. The summed E-state index contributed by atoms with van der Waals surface area (Å²) in [7, 11) is 0. The lowest BCUT2D eigenvalue weighted by Gasteiger charge is -2.20. The summed E-state index contributed by atoms with van der Waals surface area (Å²) in [5.41, 5.74) is 4.72. The number of halogens is 2. The summed E-state index contributed by atoms with van der Waals surface area (Å²) >= 11 is 0. The molecule has 0 bridgehead atoms. The van der Waals surface area contributed by atoms with Crippen molar-refractivity contribution in [2.45, 2.75) is 44.3 Å². The number of nitrogens with zero attached hydrogens (tertiary/aromatic N) is 3. The van der Waals surface area contributed by atoms with Gasteiger partial charge in [-0.1, -0.05) is 0 Å². The van der Waals surface area contributed by atoms with E-state index in [0.717, 1.165) is 18.9 Å². The van der Waals surface area contributed by atoms with Crippen molar-refractivity contribution in [3.05, 3.63) is 33.9 Å². The Morgan fingerprint density at radius 1 is 1.37 bits per heavy atom. The van der Waals surface area contributed by atoms with E-state index in [2.05, 4.69) is 10.3 Å². The standard InChI is InChI=1S/C19H22FN5O4.ClH/c1-9(21)18(27)22-10-4-5-24(7-10)17-14(20)6-12-15(26)13(19(28)29)8-25(11-2-3-11)16(12)23-17;/h6,8-11H,2-5,7,21H2,1H3,(H,22,27)(H,28,29);1H/t9-,10+;/m1./s1. The van der Waals surface area contributed by atoms with Gasteiger partial charge in [0.1, 0.15) is 11.2 Å². The van der Waals surface area contributed by atoms with E-state index in [1.807, 2.05) is 0 Å². The summed E-state index contributed by atoms with van der Waals surface area (Å²) in [5, 5.41) is 12.1. The van der Waals surface area contributed by atoms with Crippen LogP contribution in [-0.4, -0.2) is 51.7 Å². The van der Waals surface area contributed by atoms with Crippen LogP contribution in [-0.2, 0) is 4.79 Å². The minimum absolute atomic E-state index is 0. The number of hydrogen-bond donors (Lipinski definition) is 3. The van der Waals surface area contributed by atoms with Gasteiger partial charge in [0.25, 0.3) is 0 Å². The Balaban J connectivity index is 0.00000256. The van der Waals surface area contributed by atoms with Crippen molar-refractivity contribution < 1.29 is 19.1 Å². The third-order valence-corrected chi connectivity index (χ3v) is 5.36. The summed E-state index contributed by atoms with van der Waals surface area (Å²) in [6, 6.07) is 0.319. The highest BCUT2D eigenvalue weighted by Crippen LogP contribution is 2.37. The van der Waals surface area contributed by atoms with E-state index >= 15 is 0 Å². The molecule has 0 unspecified atom stereocenters. The Kier molecular flexibility index (Phi) is 6.00. The van der Waals surface area contributed by atoms with Crippen molar-refractivity contribution in [3.8, 4) is 0 Å². The summed E-state index contributed by atoms with van der Waals surface area (Å²) in [6.07, 6.45) is 3.61. The number of rotatable bonds is 5. The van der Waals surface area contributed by atoms with Crippen molar-refractivity contribution in [1.29, 1.82) is 0 Å². The molecule has 1 amide bonds. The molecule has 1 saturated carbocycles. The number of aromatic carboxylic acids is 1. The number of pyridine rings is 2. The average molecular weight is 440 g/mol. The van der Waals surface area contributed by atoms with Crippen molar-refractivity contribution >= 4 is 41.1 Å². The van der Waals surface area contributed by atoms with Gasteiger partial charge in [0.2, 0.25) is 11.3 Å². The van der Waals surface area contributed by atoms with Crippen molar-refractivity contribution in [2.24, 2.45) is 5.73 Å². The van der Waals surface area contributed by atoms with Gasteiger partial charge in [-0.15, -0.1) is 12.4 Å². The highest BCUT2D eigenvalue weighted by atomic mass is 35.5. The maximum atomic E-state index is 14.8. The fourth-order valence-electron chi connectivity index (χ4n) is 3.65. The maximum Gasteiger partial charge on any atom is 0.341 e. The molecule has 162 valence electrons. The monoisotopic (exact) mass is 439 g/mol.